The highest BCUT2D eigenvalue weighted by atomic mass is 28.4. The van der Waals surface area contributed by atoms with Crippen LogP contribution in [-0.2, 0) is 13.9 Å². The van der Waals surface area contributed by atoms with E-state index in [0.29, 0.717) is 26.4 Å². The first-order chi connectivity index (χ1) is 14.5. The fraction of sp³-hybridized carbons (Fsp3) is 0.538. The van der Waals surface area contributed by atoms with Crippen molar-refractivity contribution in [2.45, 2.75) is 58.4 Å². The fourth-order valence-corrected chi connectivity index (χ4v) is 8.51. The van der Waals surface area contributed by atoms with E-state index in [9.17, 15) is 0 Å². The van der Waals surface area contributed by atoms with Crippen LogP contribution in [-0.4, -0.2) is 41.4 Å². The van der Waals surface area contributed by atoms with E-state index >= 15 is 0 Å². The van der Waals surface area contributed by atoms with E-state index in [2.05, 4.69) is 88.4 Å². The Bertz CT molecular complexity index is 643. The third-order valence-electron chi connectivity index (χ3n) is 5.48. The number of ether oxygens (including phenoxy) is 2. The lowest BCUT2D eigenvalue weighted by atomic mass is 10.2. The van der Waals surface area contributed by atoms with E-state index in [4.69, 9.17) is 13.9 Å². The highest BCUT2D eigenvalue weighted by Gasteiger charge is 2.49. The molecule has 166 valence electrons. The molecule has 0 aromatic heterocycles. The number of hydrogen-bond acceptors (Lipinski definition) is 3. The topological polar surface area (TPSA) is 27.7 Å². The molecular formula is C26H40O3Si. The minimum absolute atomic E-state index is 0.00267. The summed E-state index contributed by atoms with van der Waals surface area (Å²) in [5.41, 5.74) is 0. The first-order valence-electron chi connectivity index (χ1n) is 11.4. The van der Waals surface area contributed by atoms with Gasteiger partial charge in [-0.15, -0.1) is 0 Å². The van der Waals surface area contributed by atoms with Gasteiger partial charge in [-0.3, -0.25) is 0 Å². The average Bonchev–Trinajstić information content (AvgIpc) is 2.75. The second-order valence-corrected chi connectivity index (χ2v) is 13.1. The number of unbranched alkanes of at least 4 members (excludes halogenated alkanes) is 3. The molecule has 0 aliphatic rings. The van der Waals surface area contributed by atoms with Gasteiger partial charge in [0.05, 0.1) is 26.4 Å². The zero-order valence-electron chi connectivity index (χ0n) is 19.4. The van der Waals surface area contributed by atoms with Gasteiger partial charge in [-0.1, -0.05) is 108 Å². The Kier molecular flexibility index (Phi) is 10.8. The zero-order valence-corrected chi connectivity index (χ0v) is 20.4. The van der Waals surface area contributed by atoms with Crippen molar-refractivity contribution in [2.24, 2.45) is 0 Å². The van der Waals surface area contributed by atoms with Crippen LogP contribution < -0.4 is 10.4 Å². The Morgan fingerprint density at radius 1 is 0.633 bits per heavy atom. The van der Waals surface area contributed by atoms with Crippen molar-refractivity contribution in [3.05, 3.63) is 60.7 Å². The molecule has 0 heterocycles. The molecule has 0 amide bonds. The third-order valence-corrected chi connectivity index (χ3v) is 10.5. The van der Waals surface area contributed by atoms with Crippen LogP contribution >= 0.6 is 0 Å². The van der Waals surface area contributed by atoms with E-state index in [0.717, 1.165) is 13.0 Å². The van der Waals surface area contributed by atoms with Gasteiger partial charge in [0.1, 0.15) is 0 Å². The molecule has 2 aromatic rings. The van der Waals surface area contributed by atoms with E-state index < -0.39 is 8.32 Å². The average molecular weight is 429 g/mol. The molecule has 0 saturated heterocycles. The SMILES string of the molecule is CCCCCCOCCOCCO[Si](c1ccccc1)(c1ccccc1)C(C)(C)C. The molecule has 0 N–H and O–H groups in total. The molecule has 3 nitrogen and oxygen atoms in total. The summed E-state index contributed by atoms with van der Waals surface area (Å²) in [6.45, 7) is 12.4. The van der Waals surface area contributed by atoms with Gasteiger partial charge in [-0.2, -0.15) is 0 Å². The summed E-state index contributed by atoms with van der Waals surface area (Å²) in [5, 5.41) is 2.61. The molecule has 0 fully saturated rings. The molecule has 0 saturated carbocycles. The van der Waals surface area contributed by atoms with Crippen LogP contribution in [0.5, 0.6) is 0 Å². The summed E-state index contributed by atoms with van der Waals surface area (Å²) < 4.78 is 18.3. The van der Waals surface area contributed by atoms with Crippen LogP contribution in [0.4, 0.5) is 0 Å². The van der Waals surface area contributed by atoms with Crippen molar-refractivity contribution >= 4 is 18.7 Å². The van der Waals surface area contributed by atoms with Gasteiger partial charge in [0.15, 0.2) is 0 Å². The predicted molar refractivity (Wildman–Crippen MR) is 129 cm³/mol. The number of benzene rings is 2. The van der Waals surface area contributed by atoms with Crippen LogP contribution in [0.25, 0.3) is 0 Å². The maximum atomic E-state index is 6.81. The Morgan fingerprint density at radius 2 is 1.13 bits per heavy atom. The van der Waals surface area contributed by atoms with Gasteiger partial charge < -0.3 is 13.9 Å². The standard InChI is InChI=1S/C26H40O3Si/c1-5-6-7-14-19-27-20-21-28-22-23-29-30(26(2,3)4,24-15-10-8-11-16-24)25-17-12-9-13-18-25/h8-13,15-18H,5-7,14,19-23H2,1-4H3. The lowest BCUT2D eigenvalue weighted by molar-refractivity contribution is 0.0341. The maximum absolute atomic E-state index is 6.81. The molecular weight excluding hydrogens is 388 g/mol. The van der Waals surface area contributed by atoms with Crippen LogP contribution in [0.1, 0.15) is 53.4 Å². The maximum Gasteiger partial charge on any atom is 0.261 e. The highest BCUT2D eigenvalue weighted by molar-refractivity contribution is 6.99. The van der Waals surface area contributed by atoms with Gasteiger partial charge in [0.25, 0.3) is 8.32 Å². The summed E-state index contributed by atoms with van der Waals surface area (Å²) in [7, 11) is -2.45. The molecule has 2 aromatic carbocycles. The van der Waals surface area contributed by atoms with Gasteiger partial charge in [-0.25, -0.2) is 0 Å². The normalized spacial score (nSPS) is 12.3. The molecule has 0 spiro atoms. The van der Waals surface area contributed by atoms with Crippen LogP contribution in [0.2, 0.25) is 5.04 Å². The highest BCUT2D eigenvalue weighted by Crippen LogP contribution is 2.36. The van der Waals surface area contributed by atoms with Crippen molar-refractivity contribution in [3.8, 4) is 0 Å². The molecule has 30 heavy (non-hydrogen) atoms. The number of hydrogen-bond donors (Lipinski definition) is 0. The van der Waals surface area contributed by atoms with Crippen LogP contribution in [0, 0.1) is 0 Å². The van der Waals surface area contributed by atoms with Crippen molar-refractivity contribution in [3.63, 3.8) is 0 Å². The molecule has 0 unspecified atom stereocenters. The van der Waals surface area contributed by atoms with Crippen molar-refractivity contribution in [2.75, 3.05) is 33.0 Å². The Balaban J connectivity index is 1.94. The van der Waals surface area contributed by atoms with E-state index in [-0.39, 0.29) is 5.04 Å². The fourth-order valence-electron chi connectivity index (χ4n) is 3.97. The van der Waals surface area contributed by atoms with Crippen molar-refractivity contribution in [1.29, 1.82) is 0 Å². The van der Waals surface area contributed by atoms with Gasteiger partial charge >= 0.3 is 0 Å². The van der Waals surface area contributed by atoms with E-state index in [1.165, 1.54) is 29.6 Å². The summed E-state index contributed by atoms with van der Waals surface area (Å²) >= 11 is 0. The summed E-state index contributed by atoms with van der Waals surface area (Å²) in [4.78, 5) is 0. The smallest absolute Gasteiger partial charge is 0.261 e. The third kappa shape index (κ3) is 7.05. The second kappa shape index (κ2) is 13.1. The quantitative estimate of drug-likeness (QED) is 0.307. The number of rotatable bonds is 14. The van der Waals surface area contributed by atoms with Crippen molar-refractivity contribution in [1.82, 2.24) is 0 Å². The molecule has 0 aliphatic heterocycles. The van der Waals surface area contributed by atoms with Gasteiger partial charge in [0, 0.05) is 6.61 Å². The minimum Gasteiger partial charge on any atom is -0.405 e. The molecule has 0 bridgehead atoms. The molecule has 4 heteroatoms. The molecule has 0 atom stereocenters. The minimum atomic E-state index is -2.45. The first kappa shape index (κ1) is 24.8. The molecule has 0 radical (unpaired) electrons. The van der Waals surface area contributed by atoms with Crippen LogP contribution in [0.3, 0.4) is 0 Å². The van der Waals surface area contributed by atoms with E-state index in [1.54, 1.807) is 0 Å². The van der Waals surface area contributed by atoms with Gasteiger partial charge in [0.2, 0.25) is 0 Å². The second-order valence-electron chi connectivity index (χ2n) is 8.80. The Labute approximate surface area is 184 Å². The summed E-state index contributed by atoms with van der Waals surface area (Å²) in [6, 6.07) is 21.5. The van der Waals surface area contributed by atoms with Crippen molar-refractivity contribution < 1.29 is 13.9 Å². The lowest BCUT2D eigenvalue weighted by Crippen LogP contribution is -2.66. The predicted octanol–water partition coefficient (Wildman–Crippen LogP) is 5.18. The zero-order chi connectivity index (χ0) is 21.7. The van der Waals surface area contributed by atoms with E-state index in [1.807, 2.05) is 0 Å². The Hall–Kier alpha value is -1.46. The molecule has 0 aliphatic carbocycles. The largest absolute Gasteiger partial charge is 0.405 e. The summed E-state index contributed by atoms with van der Waals surface area (Å²) in [6.07, 6.45) is 4.95. The Morgan fingerprint density at radius 3 is 1.63 bits per heavy atom. The summed E-state index contributed by atoms with van der Waals surface area (Å²) in [5.74, 6) is 0. The lowest BCUT2D eigenvalue weighted by Gasteiger charge is -2.43. The monoisotopic (exact) mass is 428 g/mol. The first-order valence-corrected chi connectivity index (χ1v) is 13.3. The molecule has 2 rings (SSSR count). The van der Waals surface area contributed by atoms with Gasteiger partial charge in [-0.05, 0) is 21.8 Å². The van der Waals surface area contributed by atoms with Crippen LogP contribution in [0.15, 0.2) is 60.7 Å².